The van der Waals surface area contributed by atoms with Gasteiger partial charge in [0.25, 0.3) is 5.91 Å². The summed E-state index contributed by atoms with van der Waals surface area (Å²) in [5, 5.41) is 10.3. The first-order chi connectivity index (χ1) is 12.5. The van der Waals surface area contributed by atoms with E-state index >= 15 is 0 Å². The fourth-order valence-electron chi connectivity index (χ4n) is 2.20. The number of carbonyl (C=O) groups is 1. The smallest absolute Gasteiger partial charge is 0.251 e. The fraction of sp³-hybridized carbons (Fsp3) is 0.389. The molecular formula is C18H25N5O2S. The summed E-state index contributed by atoms with van der Waals surface area (Å²) in [5.41, 5.74) is 1.67. The molecule has 3 N–H and O–H groups in total. The van der Waals surface area contributed by atoms with Crippen molar-refractivity contribution in [1.29, 1.82) is 0 Å². The molecule has 1 aromatic heterocycles. The van der Waals surface area contributed by atoms with Crippen LogP contribution in [-0.4, -0.2) is 44.1 Å². The van der Waals surface area contributed by atoms with Crippen LogP contribution >= 0.6 is 11.3 Å². The van der Waals surface area contributed by atoms with Gasteiger partial charge in [-0.3, -0.25) is 9.79 Å². The van der Waals surface area contributed by atoms with Crippen molar-refractivity contribution in [2.24, 2.45) is 4.99 Å². The highest BCUT2D eigenvalue weighted by atomic mass is 32.1. The summed E-state index contributed by atoms with van der Waals surface area (Å²) in [6.07, 6.45) is 0. The summed E-state index contributed by atoms with van der Waals surface area (Å²) in [6.45, 7) is 5.75. The number of carbonyl (C=O) groups excluding carboxylic acids is 1. The molecule has 7 nitrogen and oxygen atoms in total. The summed E-state index contributed by atoms with van der Waals surface area (Å²) in [6, 6.07) is 7.00. The summed E-state index contributed by atoms with van der Waals surface area (Å²) in [4.78, 5) is 22.0. The normalized spacial score (nSPS) is 11.2. The van der Waals surface area contributed by atoms with Crippen LogP contribution in [0.1, 0.15) is 25.9 Å². The zero-order chi connectivity index (χ0) is 18.9. The van der Waals surface area contributed by atoms with Crippen LogP contribution < -0.4 is 20.7 Å². The van der Waals surface area contributed by atoms with E-state index in [-0.39, 0.29) is 5.91 Å². The van der Waals surface area contributed by atoms with Crippen molar-refractivity contribution in [3.63, 3.8) is 0 Å². The standard InChI is InChI=1S/C18H25N5O2S/c1-12-13(2)26-16(23-12)11-22-18(19-3)21-10-9-20-17(24)14-5-7-15(25-4)8-6-14/h5-8H,9-11H2,1-4H3,(H,20,24)(H2,19,21,22). The highest BCUT2D eigenvalue weighted by Gasteiger charge is 2.06. The molecule has 0 saturated carbocycles. The molecule has 0 radical (unpaired) electrons. The molecule has 0 aliphatic heterocycles. The van der Waals surface area contributed by atoms with Gasteiger partial charge in [0.05, 0.1) is 19.3 Å². The lowest BCUT2D eigenvalue weighted by atomic mass is 10.2. The lowest BCUT2D eigenvalue weighted by Gasteiger charge is -2.11. The van der Waals surface area contributed by atoms with Gasteiger partial charge in [0.1, 0.15) is 10.8 Å². The zero-order valence-electron chi connectivity index (χ0n) is 15.5. The predicted octanol–water partition coefficient (Wildman–Crippen LogP) is 1.86. The van der Waals surface area contributed by atoms with Crippen LogP contribution in [0.4, 0.5) is 0 Å². The summed E-state index contributed by atoms with van der Waals surface area (Å²) >= 11 is 1.68. The van der Waals surface area contributed by atoms with Gasteiger partial charge in [0.15, 0.2) is 5.96 Å². The molecule has 140 valence electrons. The predicted molar refractivity (Wildman–Crippen MR) is 105 cm³/mol. The van der Waals surface area contributed by atoms with E-state index in [1.807, 2.05) is 6.92 Å². The van der Waals surface area contributed by atoms with Gasteiger partial charge in [-0.25, -0.2) is 4.98 Å². The molecule has 26 heavy (non-hydrogen) atoms. The highest BCUT2D eigenvalue weighted by Crippen LogP contribution is 2.15. The molecule has 0 spiro atoms. The van der Waals surface area contributed by atoms with Gasteiger partial charge in [-0.2, -0.15) is 0 Å². The van der Waals surface area contributed by atoms with Crippen molar-refractivity contribution in [2.75, 3.05) is 27.2 Å². The van der Waals surface area contributed by atoms with Gasteiger partial charge < -0.3 is 20.7 Å². The topological polar surface area (TPSA) is 87.6 Å². The molecule has 8 heteroatoms. The molecule has 0 fully saturated rings. The molecule has 0 saturated heterocycles. The molecule has 1 amide bonds. The molecule has 0 aliphatic carbocycles. The lowest BCUT2D eigenvalue weighted by Crippen LogP contribution is -2.41. The van der Waals surface area contributed by atoms with Crippen LogP contribution in [-0.2, 0) is 6.54 Å². The summed E-state index contributed by atoms with van der Waals surface area (Å²) < 4.78 is 5.08. The van der Waals surface area contributed by atoms with E-state index in [4.69, 9.17) is 4.74 Å². The molecule has 0 aliphatic rings. The Morgan fingerprint density at radius 3 is 2.42 bits per heavy atom. The van der Waals surface area contributed by atoms with E-state index in [0.717, 1.165) is 16.5 Å². The van der Waals surface area contributed by atoms with Gasteiger partial charge in [-0.1, -0.05) is 0 Å². The second-order valence-corrected chi connectivity index (χ2v) is 6.87. The number of guanidine groups is 1. The van der Waals surface area contributed by atoms with E-state index < -0.39 is 0 Å². The lowest BCUT2D eigenvalue weighted by molar-refractivity contribution is 0.0954. The Morgan fingerprint density at radius 1 is 1.15 bits per heavy atom. The number of thiazole rings is 1. The van der Waals surface area contributed by atoms with E-state index in [0.29, 0.717) is 31.2 Å². The third-order valence-electron chi connectivity index (χ3n) is 3.76. The average Bonchev–Trinajstić information content (AvgIpc) is 2.98. The summed E-state index contributed by atoms with van der Waals surface area (Å²) in [5.74, 6) is 1.28. The van der Waals surface area contributed by atoms with Crippen molar-refractivity contribution in [2.45, 2.75) is 20.4 Å². The Kier molecular flexibility index (Phi) is 7.40. The molecule has 2 rings (SSSR count). The first-order valence-electron chi connectivity index (χ1n) is 8.33. The van der Waals surface area contributed by atoms with E-state index in [1.54, 1.807) is 49.8 Å². The Bertz CT molecular complexity index is 736. The number of ether oxygens (including phenoxy) is 1. The average molecular weight is 375 g/mol. The molecular weight excluding hydrogens is 350 g/mol. The maximum absolute atomic E-state index is 12.1. The number of hydrogen-bond donors (Lipinski definition) is 3. The van der Waals surface area contributed by atoms with Crippen LogP contribution in [0.15, 0.2) is 29.3 Å². The third kappa shape index (κ3) is 5.73. The second kappa shape index (κ2) is 9.76. The van der Waals surface area contributed by atoms with Crippen molar-refractivity contribution < 1.29 is 9.53 Å². The van der Waals surface area contributed by atoms with Gasteiger partial charge in [-0.05, 0) is 38.1 Å². The van der Waals surface area contributed by atoms with Gasteiger partial charge >= 0.3 is 0 Å². The van der Waals surface area contributed by atoms with Crippen LogP contribution in [0.25, 0.3) is 0 Å². The number of benzene rings is 1. The van der Waals surface area contributed by atoms with Gasteiger partial charge in [-0.15, -0.1) is 11.3 Å². The minimum atomic E-state index is -0.119. The second-order valence-electron chi connectivity index (χ2n) is 5.59. The van der Waals surface area contributed by atoms with Crippen LogP contribution in [0.3, 0.4) is 0 Å². The van der Waals surface area contributed by atoms with Crippen LogP contribution in [0.2, 0.25) is 0 Å². The largest absolute Gasteiger partial charge is 0.497 e. The maximum Gasteiger partial charge on any atom is 0.251 e. The van der Waals surface area contributed by atoms with Gasteiger partial charge in [0, 0.05) is 30.6 Å². The number of methoxy groups -OCH3 is 1. The number of aryl methyl sites for hydroxylation is 2. The number of aromatic nitrogens is 1. The fourth-order valence-corrected chi connectivity index (χ4v) is 3.07. The first kappa shape index (κ1) is 19.7. The Balaban J connectivity index is 1.70. The molecule has 0 unspecified atom stereocenters. The molecule has 2 aromatic rings. The molecule has 0 atom stereocenters. The Labute approximate surface area is 157 Å². The first-order valence-corrected chi connectivity index (χ1v) is 9.14. The SMILES string of the molecule is CN=C(NCCNC(=O)c1ccc(OC)cc1)NCc1nc(C)c(C)s1. The Hall–Kier alpha value is -2.61. The quantitative estimate of drug-likeness (QED) is 0.391. The Morgan fingerprint density at radius 2 is 1.85 bits per heavy atom. The number of amides is 1. The summed E-state index contributed by atoms with van der Waals surface area (Å²) in [7, 11) is 3.31. The third-order valence-corrected chi connectivity index (χ3v) is 4.83. The van der Waals surface area contributed by atoms with Crippen molar-refractivity contribution in [1.82, 2.24) is 20.9 Å². The molecule has 0 bridgehead atoms. The van der Waals surface area contributed by atoms with Crippen molar-refractivity contribution in [3.05, 3.63) is 45.4 Å². The van der Waals surface area contributed by atoms with E-state index in [9.17, 15) is 4.79 Å². The van der Waals surface area contributed by atoms with Gasteiger partial charge in [0.2, 0.25) is 0 Å². The number of nitrogens with zero attached hydrogens (tertiary/aromatic N) is 2. The number of hydrogen-bond acceptors (Lipinski definition) is 5. The van der Waals surface area contributed by atoms with E-state index in [1.165, 1.54) is 4.88 Å². The number of aliphatic imine (C=N–C) groups is 1. The monoisotopic (exact) mass is 375 g/mol. The van der Waals surface area contributed by atoms with E-state index in [2.05, 4.69) is 32.9 Å². The highest BCUT2D eigenvalue weighted by molar-refractivity contribution is 7.11. The number of nitrogens with one attached hydrogen (secondary N) is 3. The van der Waals surface area contributed by atoms with Crippen molar-refractivity contribution in [3.8, 4) is 5.75 Å². The molecule has 1 aromatic carbocycles. The maximum atomic E-state index is 12.1. The minimum Gasteiger partial charge on any atom is -0.497 e. The number of rotatable bonds is 7. The van der Waals surface area contributed by atoms with Crippen LogP contribution in [0, 0.1) is 13.8 Å². The zero-order valence-corrected chi connectivity index (χ0v) is 16.4. The minimum absolute atomic E-state index is 0.119. The van der Waals surface area contributed by atoms with Crippen molar-refractivity contribution >= 4 is 23.2 Å². The molecule has 1 heterocycles. The van der Waals surface area contributed by atoms with Crippen LogP contribution in [0.5, 0.6) is 5.75 Å².